The van der Waals surface area contributed by atoms with Gasteiger partial charge in [-0.1, -0.05) is 193 Å². The molecule has 0 amide bonds. The van der Waals surface area contributed by atoms with E-state index in [1.54, 1.807) is 0 Å². The number of nitrogens with zero attached hydrogens (tertiary/aromatic N) is 3. The number of para-hydroxylation sites is 2. The Morgan fingerprint density at radius 2 is 0.974 bits per heavy atom. The minimum Gasteiger partial charge on any atom is -0.311 e. The molecule has 0 bridgehead atoms. The van der Waals surface area contributed by atoms with Gasteiger partial charge in [0.2, 0.25) is 0 Å². The summed E-state index contributed by atoms with van der Waals surface area (Å²) in [6, 6.07) is 66.8. The topological polar surface area (TPSA) is 9.72 Å². The van der Waals surface area contributed by atoms with Crippen LogP contribution in [-0.2, 0) is 27.1 Å². The molecule has 5 heteroatoms. The van der Waals surface area contributed by atoms with Crippen molar-refractivity contribution in [3.63, 3.8) is 0 Å². The van der Waals surface area contributed by atoms with Gasteiger partial charge in [0, 0.05) is 54.7 Å². The molecule has 11 rings (SSSR count). The first kappa shape index (κ1) is 51.3. The van der Waals surface area contributed by atoms with Crippen molar-refractivity contribution in [2.75, 3.05) is 14.7 Å². The Morgan fingerprint density at radius 1 is 0.474 bits per heavy atom. The van der Waals surface area contributed by atoms with Crippen LogP contribution in [0.2, 0.25) is 0 Å². The number of rotatable bonds is 8. The normalized spacial score (nSPS) is 14.9. The van der Waals surface area contributed by atoms with Crippen LogP contribution in [0.1, 0.15) is 136 Å². The molecule has 8 aromatic carbocycles. The molecule has 0 unspecified atom stereocenters. The first-order valence-corrected chi connectivity index (χ1v) is 28.4. The molecule has 1 aliphatic heterocycles. The molecule has 2 heterocycles. The Morgan fingerprint density at radius 3 is 1.54 bits per heavy atom. The molecule has 9 aromatic rings. The third-order valence-electron chi connectivity index (χ3n) is 16.5. The van der Waals surface area contributed by atoms with E-state index >= 15 is 0 Å². The van der Waals surface area contributed by atoms with Crippen LogP contribution in [0.3, 0.4) is 0 Å². The molecule has 2 aliphatic rings. The van der Waals surface area contributed by atoms with Crippen LogP contribution >= 0.6 is 11.3 Å². The summed E-state index contributed by atoms with van der Waals surface area (Å²) in [5.74, 6) is 0. The van der Waals surface area contributed by atoms with Crippen LogP contribution in [0.15, 0.2) is 176 Å². The largest absolute Gasteiger partial charge is 0.311 e. The van der Waals surface area contributed by atoms with Gasteiger partial charge in [-0.25, -0.2) is 0 Å². The molecule has 76 heavy (non-hydrogen) atoms. The maximum absolute atomic E-state index is 2.64. The van der Waals surface area contributed by atoms with Gasteiger partial charge in [-0.15, -0.1) is 11.3 Å². The van der Waals surface area contributed by atoms with Crippen molar-refractivity contribution in [3.8, 4) is 11.1 Å². The molecule has 0 spiro atoms. The Balaban J connectivity index is 1.30. The van der Waals surface area contributed by atoms with E-state index in [1.807, 2.05) is 11.3 Å². The van der Waals surface area contributed by atoms with Crippen molar-refractivity contribution < 1.29 is 0 Å². The van der Waals surface area contributed by atoms with E-state index in [1.165, 1.54) is 76.9 Å². The molecular formula is C71H75BN3S. The smallest absolute Gasteiger partial charge is 0.199 e. The van der Waals surface area contributed by atoms with Crippen molar-refractivity contribution in [1.82, 2.24) is 0 Å². The number of fused-ring (bicyclic) bond motifs is 4. The number of anilines is 9. The number of benzene rings is 8. The van der Waals surface area contributed by atoms with E-state index < -0.39 is 0 Å². The lowest BCUT2D eigenvalue weighted by Crippen LogP contribution is -2.43. The van der Waals surface area contributed by atoms with Gasteiger partial charge in [-0.3, -0.25) is 0 Å². The van der Waals surface area contributed by atoms with Crippen LogP contribution in [0.5, 0.6) is 0 Å². The lowest BCUT2D eigenvalue weighted by Gasteiger charge is -2.42. The maximum Gasteiger partial charge on any atom is 0.199 e. The average Bonchev–Trinajstić information content (AvgIpc) is 3.78. The molecular weight excluding hydrogens is 938 g/mol. The average molecular weight is 1010 g/mol. The number of hydrogen-bond donors (Lipinski definition) is 0. The van der Waals surface area contributed by atoms with Gasteiger partial charge >= 0.3 is 0 Å². The Labute approximate surface area is 459 Å². The van der Waals surface area contributed by atoms with Gasteiger partial charge in [-0.2, -0.15) is 0 Å². The highest BCUT2D eigenvalue weighted by Gasteiger charge is 2.39. The van der Waals surface area contributed by atoms with E-state index in [-0.39, 0.29) is 27.1 Å². The molecule has 1 radical (unpaired) electrons. The third kappa shape index (κ3) is 9.27. The fraction of sp³-hybridized carbons (Fsp3) is 0.296. The zero-order chi connectivity index (χ0) is 53.7. The van der Waals surface area contributed by atoms with Crippen molar-refractivity contribution in [1.29, 1.82) is 0 Å². The zero-order valence-electron chi connectivity index (χ0n) is 47.5. The van der Waals surface area contributed by atoms with E-state index in [2.05, 4.69) is 295 Å². The van der Waals surface area contributed by atoms with Crippen molar-refractivity contribution in [2.45, 2.75) is 137 Å². The summed E-state index contributed by atoms with van der Waals surface area (Å²) in [6.45, 7) is 33.1. The highest BCUT2D eigenvalue weighted by Crippen LogP contribution is 2.54. The lowest BCUT2D eigenvalue weighted by molar-refractivity contribution is 0.332. The SMILES string of the molecule is Cc1sc2cc3c(cc2c1N(c1ccc(C(C)(C)C)cc1)c1cc(N(c2ccccc2)c2ccccc2)cc2c1[B]c1cc(C(C)(C)C)ccc1N2c1ccc(C(C)(C)C)cc1-c1ccccc1)C(C)(C)CCC3(C)C. The van der Waals surface area contributed by atoms with Gasteiger partial charge in [0.15, 0.2) is 7.28 Å². The zero-order valence-corrected chi connectivity index (χ0v) is 48.3. The highest BCUT2D eigenvalue weighted by molar-refractivity contribution is 7.19. The molecule has 0 saturated heterocycles. The third-order valence-corrected chi connectivity index (χ3v) is 17.6. The number of aryl methyl sites for hydroxylation is 1. The molecule has 0 N–H and O–H groups in total. The molecule has 0 fully saturated rings. The second kappa shape index (κ2) is 18.7. The second-order valence-electron chi connectivity index (χ2n) is 26.1. The van der Waals surface area contributed by atoms with E-state index in [0.717, 1.165) is 51.9 Å². The van der Waals surface area contributed by atoms with Gasteiger partial charge in [-0.05, 0) is 165 Å². The summed E-state index contributed by atoms with van der Waals surface area (Å²) < 4.78 is 1.34. The minimum atomic E-state index is -0.0644. The molecule has 0 saturated carbocycles. The number of thiophene rings is 1. The summed E-state index contributed by atoms with van der Waals surface area (Å²) in [5.41, 5.74) is 21.8. The van der Waals surface area contributed by atoms with Gasteiger partial charge in [0.1, 0.15) is 0 Å². The number of hydrogen-bond acceptors (Lipinski definition) is 4. The second-order valence-corrected chi connectivity index (χ2v) is 27.3. The minimum absolute atomic E-state index is 0.0154. The summed E-state index contributed by atoms with van der Waals surface area (Å²) in [4.78, 5) is 8.97. The highest BCUT2D eigenvalue weighted by atomic mass is 32.1. The Hall–Kier alpha value is -6.82. The van der Waals surface area contributed by atoms with Crippen LogP contribution in [0.4, 0.5) is 51.2 Å². The van der Waals surface area contributed by atoms with Crippen LogP contribution < -0.4 is 25.6 Å². The molecule has 1 aliphatic carbocycles. The Bertz CT molecular complexity index is 3580. The van der Waals surface area contributed by atoms with Gasteiger partial charge in [0.25, 0.3) is 0 Å². The summed E-state index contributed by atoms with van der Waals surface area (Å²) in [5, 5.41) is 1.31. The maximum atomic E-state index is 2.64. The quantitative estimate of drug-likeness (QED) is 0.140. The van der Waals surface area contributed by atoms with Gasteiger partial charge < -0.3 is 14.7 Å². The van der Waals surface area contributed by atoms with Crippen LogP contribution in [0.25, 0.3) is 21.2 Å². The molecule has 1 aromatic heterocycles. The van der Waals surface area contributed by atoms with Crippen LogP contribution in [0, 0.1) is 6.92 Å². The Kier molecular flexibility index (Phi) is 12.6. The van der Waals surface area contributed by atoms with E-state index in [9.17, 15) is 0 Å². The first-order valence-electron chi connectivity index (χ1n) is 27.5. The summed E-state index contributed by atoms with van der Waals surface area (Å²) in [7, 11) is 2.50. The fourth-order valence-electron chi connectivity index (χ4n) is 11.8. The van der Waals surface area contributed by atoms with Crippen LogP contribution in [-0.4, -0.2) is 7.28 Å². The molecule has 383 valence electrons. The van der Waals surface area contributed by atoms with E-state index in [4.69, 9.17) is 0 Å². The standard InChI is InChI=1S/C71H75BN3S/c1-46-66(56-44-57-58(45-64(56)76-46)71(13,14)39-38-70(57,11)12)74(53-34-30-48(31-35-53)67(2,3)4)62-42-54(73(51-26-20-16-21-27-51)52-28-22-17-23-29-52)43-63-65(62)72-59-41-50(69(8,9)10)33-37-61(59)75(63)60-36-32-49(68(5,6)7)40-55(60)47-24-18-15-19-25-47/h15-37,40-45H,38-39H2,1-14H3. The van der Waals surface area contributed by atoms with Gasteiger partial charge in [0.05, 0.1) is 17.1 Å². The predicted molar refractivity (Wildman–Crippen MR) is 332 cm³/mol. The predicted octanol–water partition coefficient (Wildman–Crippen LogP) is 19.5. The molecule has 3 nitrogen and oxygen atoms in total. The fourth-order valence-corrected chi connectivity index (χ4v) is 12.9. The first-order chi connectivity index (χ1) is 36.0. The van der Waals surface area contributed by atoms with E-state index in [0.29, 0.717) is 0 Å². The van der Waals surface area contributed by atoms with Crippen molar-refractivity contribution >= 4 is 90.8 Å². The lowest BCUT2D eigenvalue weighted by atomic mass is 9.58. The summed E-state index contributed by atoms with van der Waals surface area (Å²) in [6.07, 6.45) is 2.33. The summed E-state index contributed by atoms with van der Waals surface area (Å²) >= 11 is 1.94. The van der Waals surface area contributed by atoms with Crippen molar-refractivity contribution in [3.05, 3.63) is 209 Å². The monoisotopic (exact) mass is 1010 g/mol. The molecule has 0 atom stereocenters. The van der Waals surface area contributed by atoms with Crippen molar-refractivity contribution in [2.24, 2.45) is 0 Å².